The van der Waals surface area contributed by atoms with Crippen LogP contribution in [0.1, 0.15) is 18.4 Å². The highest BCUT2D eigenvalue weighted by atomic mass is 35.5. The first kappa shape index (κ1) is 21.6. The van der Waals surface area contributed by atoms with E-state index < -0.39 is 0 Å². The molecule has 0 atom stereocenters. The molecule has 1 fully saturated rings. The van der Waals surface area contributed by atoms with Crippen molar-refractivity contribution in [2.24, 2.45) is 5.92 Å². The lowest BCUT2D eigenvalue weighted by Gasteiger charge is -2.30. The standard InChI is InChI=1S/C22H25Cl2N3O2/c23-19-7-6-18(14-20(19)24)26-21(28)15-27-12-9-17(10-13-27)22(29)25-11-8-16-4-2-1-3-5-16/h1-7,14,17H,8-13,15H2,(H,25,29)(H,26,28). The number of piperidine rings is 1. The van der Waals surface area contributed by atoms with Gasteiger partial charge in [0.1, 0.15) is 0 Å². The Kier molecular flexibility index (Phi) is 7.92. The molecule has 0 saturated carbocycles. The first-order chi connectivity index (χ1) is 14.0. The van der Waals surface area contributed by atoms with E-state index in [1.54, 1.807) is 18.2 Å². The maximum atomic E-state index is 12.4. The molecule has 1 saturated heterocycles. The van der Waals surface area contributed by atoms with Gasteiger partial charge in [0.05, 0.1) is 16.6 Å². The number of amides is 2. The van der Waals surface area contributed by atoms with Crippen LogP contribution in [-0.4, -0.2) is 42.9 Å². The summed E-state index contributed by atoms with van der Waals surface area (Å²) in [6.07, 6.45) is 2.36. The minimum Gasteiger partial charge on any atom is -0.356 e. The van der Waals surface area contributed by atoms with E-state index in [1.165, 1.54) is 5.56 Å². The quantitative estimate of drug-likeness (QED) is 0.693. The van der Waals surface area contributed by atoms with Crippen molar-refractivity contribution in [1.82, 2.24) is 10.2 Å². The summed E-state index contributed by atoms with van der Waals surface area (Å²) in [5.74, 6) is 0.0233. The molecule has 154 valence electrons. The van der Waals surface area contributed by atoms with Crippen LogP contribution in [0.25, 0.3) is 0 Å². The van der Waals surface area contributed by atoms with Crippen molar-refractivity contribution < 1.29 is 9.59 Å². The van der Waals surface area contributed by atoms with E-state index >= 15 is 0 Å². The number of benzene rings is 2. The van der Waals surface area contributed by atoms with E-state index in [0.29, 0.717) is 28.8 Å². The number of nitrogens with one attached hydrogen (secondary N) is 2. The van der Waals surface area contributed by atoms with Crippen molar-refractivity contribution in [3.8, 4) is 0 Å². The van der Waals surface area contributed by atoms with Gasteiger partial charge in [-0.05, 0) is 56.1 Å². The van der Waals surface area contributed by atoms with Gasteiger partial charge in [-0.1, -0.05) is 53.5 Å². The Labute approximate surface area is 181 Å². The zero-order chi connectivity index (χ0) is 20.6. The van der Waals surface area contributed by atoms with Crippen LogP contribution < -0.4 is 10.6 Å². The van der Waals surface area contributed by atoms with Crippen molar-refractivity contribution in [1.29, 1.82) is 0 Å². The molecule has 0 bridgehead atoms. The van der Waals surface area contributed by atoms with Crippen LogP contribution in [0.4, 0.5) is 5.69 Å². The van der Waals surface area contributed by atoms with E-state index in [2.05, 4.69) is 27.7 Å². The molecule has 1 heterocycles. The molecule has 5 nitrogen and oxygen atoms in total. The molecule has 0 aromatic heterocycles. The Morgan fingerprint density at radius 1 is 1.00 bits per heavy atom. The number of anilines is 1. The molecule has 2 N–H and O–H groups in total. The second kappa shape index (κ2) is 10.6. The molecule has 0 spiro atoms. The van der Waals surface area contributed by atoms with Crippen LogP contribution in [0, 0.1) is 5.92 Å². The van der Waals surface area contributed by atoms with Crippen LogP contribution >= 0.6 is 23.2 Å². The molecule has 1 aliphatic heterocycles. The number of halogens is 2. The fourth-order valence-corrected chi connectivity index (χ4v) is 3.75. The predicted molar refractivity (Wildman–Crippen MR) is 117 cm³/mol. The van der Waals surface area contributed by atoms with Gasteiger partial charge in [0.2, 0.25) is 11.8 Å². The normalized spacial score (nSPS) is 15.1. The van der Waals surface area contributed by atoms with Crippen LogP contribution in [0.2, 0.25) is 10.0 Å². The van der Waals surface area contributed by atoms with Gasteiger partial charge in [-0.25, -0.2) is 0 Å². The van der Waals surface area contributed by atoms with Crippen molar-refractivity contribution in [2.75, 3.05) is 31.5 Å². The smallest absolute Gasteiger partial charge is 0.238 e. The first-order valence-electron chi connectivity index (χ1n) is 9.80. The van der Waals surface area contributed by atoms with E-state index in [4.69, 9.17) is 23.2 Å². The van der Waals surface area contributed by atoms with Gasteiger partial charge in [-0.2, -0.15) is 0 Å². The van der Waals surface area contributed by atoms with Gasteiger partial charge in [-0.3, -0.25) is 14.5 Å². The maximum Gasteiger partial charge on any atom is 0.238 e. The molecule has 0 aliphatic carbocycles. The fraction of sp³-hybridized carbons (Fsp3) is 0.364. The van der Waals surface area contributed by atoms with Crippen molar-refractivity contribution in [2.45, 2.75) is 19.3 Å². The molecule has 0 unspecified atom stereocenters. The van der Waals surface area contributed by atoms with E-state index in [1.807, 2.05) is 18.2 Å². The molecular weight excluding hydrogens is 409 g/mol. The zero-order valence-corrected chi connectivity index (χ0v) is 17.7. The summed E-state index contributed by atoms with van der Waals surface area (Å²) >= 11 is 11.9. The lowest BCUT2D eigenvalue weighted by Crippen LogP contribution is -2.43. The summed E-state index contributed by atoms with van der Waals surface area (Å²) in [5, 5.41) is 6.73. The Bertz CT molecular complexity index is 837. The molecule has 2 aromatic carbocycles. The summed E-state index contributed by atoms with van der Waals surface area (Å²) in [4.78, 5) is 26.7. The lowest BCUT2D eigenvalue weighted by atomic mass is 9.96. The van der Waals surface area contributed by atoms with Gasteiger partial charge in [-0.15, -0.1) is 0 Å². The van der Waals surface area contributed by atoms with E-state index in [9.17, 15) is 9.59 Å². The van der Waals surface area contributed by atoms with Crippen LogP contribution in [0.15, 0.2) is 48.5 Å². The Morgan fingerprint density at radius 2 is 1.72 bits per heavy atom. The molecule has 29 heavy (non-hydrogen) atoms. The Morgan fingerprint density at radius 3 is 2.41 bits per heavy atom. The number of likely N-dealkylation sites (tertiary alicyclic amines) is 1. The van der Waals surface area contributed by atoms with Crippen LogP contribution in [-0.2, 0) is 16.0 Å². The van der Waals surface area contributed by atoms with Gasteiger partial charge < -0.3 is 10.6 Å². The zero-order valence-electron chi connectivity index (χ0n) is 16.2. The number of hydrogen-bond acceptors (Lipinski definition) is 3. The highest BCUT2D eigenvalue weighted by Gasteiger charge is 2.25. The van der Waals surface area contributed by atoms with Crippen LogP contribution in [0.3, 0.4) is 0 Å². The second-order valence-corrected chi connectivity index (χ2v) is 8.07. The van der Waals surface area contributed by atoms with Gasteiger partial charge in [0, 0.05) is 18.2 Å². The number of carbonyl (C=O) groups is 2. The third-order valence-electron chi connectivity index (χ3n) is 5.08. The summed E-state index contributed by atoms with van der Waals surface area (Å²) in [6.45, 7) is 2.40. The van der Waals surface area contributed by atoms with E-state index in [-0.39, 0.29) is 17.7 Å². The largest absolute Gasteiger partial charge is 0.356 e. The molecule has 2 amide bonds. The lowest BCUT2D eigenvalue weighted by molar-refractivity contribution is -0.126. The highest BCUT2D eigenvalue weighted by Crippen LogP contribution is 2.25. The first-order valence-corrected chi connectivity index (χ1v) is 10.6. The molecule has 7 heteroatoms. The van der Waals surface area contributed by atoms with Crippen molar-refractivity contribution in [3.05, 3.63) is 64.1 Å². The third-order valence-corrected chi connectivity index (χ3v) is 5.82. The molecular formula is C22H25Cl2N3O2. The summed E-state index contributed by atoms with van der Waals surface area (Å²) < 4.78 is 0. The number of nitrogens with zero attached hydrogens (tertiary/aromatic N) is 1. The van der Waals surface area contributed by atoms with Gasteiger partial charge >= 0.3 is 0 Å². The van der Waals surface area contributed by atoms with Crippen LogP contribution in [0.5, 0.6) is 0 Å². The number of rotatable bonds is 7. The molecule has 2 aromatic rings. The van der Waals surface area contributed by atoms with Gasteiger partial charge in [0.15, 0.2) is 0 Å². The summed E-state index contributed by atoms with van der Waals surface area (Å²) in [6, 6.07) is 15.1. The van der Waals surface area contributed by atoms with Crippen molar-refractivity contribution >= 4 is 40.7 Å². The minimum absolute atomic E-state index is 0.0140. The second-order valence-electron chi connectivity index (χ2n) is 7.25. The summed E-state index contributed by atoms with van der Waals surface area (Å²) in [5.41, 5.74) is 1.84. The minimum atomic E-state index is -0.103. The molecule has 1 aliphatic rings. The monoisotopic (exact) mass is 433 g/mol. The Hall–Kier alpha value is -2.08. The highest BCUT2D eigenvalue weighted by molar-refractivity contribution is 6.42. The van der Waals surface area contributed by atoms with E-state index in [0.717, 1.165) is 32.4 Å². The number of hydrogen-bond donors (Lipinski definition) is 2. The fourth-order valence-electron chi connectivity index (χ4n) is 3.45. The van der Waals surface area contributed by atoms with Gasteiger partial charge in [0.25, 0.3) is 0 Å². The maximum absolute atomic E-state index is 12.4. The predicted octanol–water partition coefficient (Wildman–Crippen LogP) is 4.00. The SMILES string of the molecule is O=C(CN1CCC(C(=O)NCCc2ccccc2)CC1)Nc1ccc(Cl)c(Cl)c1. The average Bonchev–Trinajstić information content (AvgIpc) is 2.72. The molecule has 3 rings (SSSR count). The molecule has 0 radical (unpaired) electrons. The number of carbonyl (C=O) groups excluding carboxylic acids is 2. The van der Waals surface area contributed by atoms with Crippen molar-refractivity contribution in [3.63, 3.8) is 0 Å². The Balaban J connectivity index is 1.36. The average molecular weight is 434 g/mol. The topological polar surface area (TPSA) is 61.4 Å². The third kappa shape index (κ3) is 6.74. The summed E-state index contributed by atoms with van der Waals surface area (Å²) in [7, 11) is 0.